The van der Waals surface area contributed by atoms with Crippen LogP contribution in [-0.4, -0.2) is 61.8 Å². The van der Waals surface area contributed by atoms with E-state index < -0.39 is 11.6 Å². The molecule has 2 amide bonds. The number of halogens is 1. The summed E-state index contributed by atoms with van der Waals surface area (Å²) in [5.41, 5.74) is 4.62. The number of hydrogen-bond donors (Lipinski definition) is 2. The van der Waals surface area contributed by atoms with Crippen LogP contribution in [0.5, 0.6) is 0 Å². The van der Waals surface area contributed by atoms with Crippen molar-refractivity contribution in [1.29, 1.82) is 0 Å². The highest BCUT2D eigenvalue weighted by Gasteiger charge is 2.39. The average molecular weight is 607 g/mol. The number of carbonyl (C=O) groups is 2. The van der Waals surface area contributed by atoms with Gasteiger partial charge < -0.3 is 15.1 Å². The molecule has 2 aromatic heterocycles. The molecule has 2 aliphatic heterocycles. The molecule has 220 valence electrons. The van der Waals surface area contributed by atoms with Gasteiger partial charge >= 0.3 is 12.0 Å². The lowest BCUT2D eigenvalue weighted by atomic mass is 9.93. The number of benzene rings is 2. The van der Waals surface area contributed by atoms with Gasteiger partial charge in [0.2, 0.25) is 0 Å². The summed E-state index contributed by atoms with van der Waals surface area (Å²) < 4.78 is 0.923. The first-order valence-electron chi connectivity index (χ1n) is 14.1. The predicted molar refractivity (Wildman–Crippen MR) is 168 cm³/mol. The number of carboxylic acid groups (broad SMARTS) is 1. The van der Waals surface area contributed by atoms with Crippen molar-refractivity contribution in [3.8, 4) is 21.7 Å². The molecular formula is C32H35ClN4O4S. The van der Waals surface area contributed by atoms with E-state index in [1.807, 2.05) is 54.3 Å². The third-order valence-corrected chi connectivity index (χ3v) is 8.63. The molecule has 2 N–H and O–H groups in total. The van der Waals surface area contributed by atoms with Crippen LogP contribution in [0.3, 0.4) is 0 Å². The molecule has 0 radical (unpaired) electrons. The van der Waals surface area contributed by atoms with E-state index in [4.69, 9.17) is 21.7 Å². The molecule has 8 nitrogen and oxygen atoms in total. The first-order valence-corrected chi connectivity index (χ1v) is 15.3. The SMILES string of the molecule is CC(C)(C)O.Cc1cc2nc(-c3ccnc(N4CC5CCCCN5C4=O)c3)sc2c(-c2ccc(Cl)cc2)c1CC(=O)O. The smallest absolute Gasteiger partial charge is 0.326 e. The highest BCUT2D eigenvalue weighted by molar-refractivity contribution is 7.22. The summed E-state index contributed by atoms with van der Waals surface area (Å²) in [6.07, 6.45) is 4.88. The van der Waals surface area contributed by atoms with Crippen molar-refractivity contribution in [3.05, 3.63) is 64.8 Å². The van der Waals surface area contributed by atoms with Gasteiger partial charge in [-0.15, -0.1) is 11.3 Å². The number of anilines is 1. The van der Waals surface area contributed by atoms with Gasteiger partial charge in [0.25, 0.3) is 0 Å². The Hall–Kier alpha value is -3.53. The minimum atomic E-state index is -0.882. The van der Waals surface area contributed by atoms with E-state index in [1.165, 1.54) is 11.3 Å². The second-order valence-electron chi connectivity index (χ2n) is 11.8. The van der Waals surface area contributed by atoms with Crippen LogP contribution in [0.2, 0.25) is 5.02 Å². The minimum Gasteiger partial charge on any atom is -0.481 e. The molecular weight excluding hydrogens is 572 g/mol. The normalized spacial score (nSPS) is 16.8. The van der Waals surface area contributed by atoms with Gasteiger partial charge in [-0.25, -0.2) is 14.8 Å². The molecule has 1 atom stereocenters. The number of aromatic nitrogens is 2. The van der Waals surface area contributed by atoms with Crippen LogP contribution in [0.15, 0.2) is 48.7 Å². The van der Waals surface area contributed by atoms with Gasteiger partial charge in [0, 0.05) is 35.4 Å². The second kappa shape index (κ2) is 12.0. The summed E-state index contributed by atoms with van der Waals surface area (Å²) in [5, 5.41) is 19.6. The number of aliphatic hydroxyl groups is 1. The Morgan fingerprint density at radius 3 is 2.50 bits per heavy atom. The van der Waals surface area contributed by atoms with Crippen LogP contribution in [0.1, 0.15) is 51.2 Å². The Balaban J connectivity index is 0.000000652. The molecule has 4 heterocycles. The fourth-order valence-electron chi connectivity index (χ4n) is 5.44. The van der Waals surface area contributed by atoms with Crippen molar-refractivity contribution < 1.29 is 19.8 Å². The first kappa shape index (κ1) is 29.9. The number of aliphatic carboxylic acids is 1. The number of thiazole rings is 1. The lowest BCUT2D eigenvalue weighted by Crippen LogP contribution is -2.38. The maximum absolute atomic E-state index is 13.1. The highest BCUT2D eigenvalue weighted by Crippen LogP contribution is 2.41. The van der Waals surface area contributed by atoms with Crippen LogP contribution in [0.4, 0.5) is 10.6 Å². The van der Waals surface area contributed by atoms with Gasteiger partial charge in [-0.2, -0.15) is 0 Å². The summed E-state index contributed by atoms with van der Waals surface area (Å²) in [7, 11) is 0. The summed E-state index contributed by atoms with van der Waals surface area (Å²) >= 11 is 7.65. The lowest BCUT2D eigenvalue weighted by Gasteiger charge is -2.27. The number of hydrogen-bond acceptors (Lipinski definition) is 6. The molecule has 0 spiro atoms. The third kappa shape index (κ3) is 6.59. The Labute approximate surface area is 254 Å². The number of urea groups is 1. The second-order valence-corrected chi connectivity index (χ2v) is 13.2. The van der Waals surface area contributed by atoms with Crippen LogP contribution in [-0.2, 0) is 11.2 Å². The van der Waals surface area contributed by atoms with E-state index in [9.17, 15) is 14.7 Å². The van der Waals surface area contributed by atoms with E-state index in [0.717, 1.165) is 68.8 Å². The van der Waals surface area contributed by atoms with Crippen molar-refractivity contribution in [2.24, 2.45) is 0 Å². The van der Waals surface area contributed by atoms with Crippen molar-refractivity contribution in [2.75, 3.05) is 18.0 Å². The molecule has 42 heavy (non-hydrogen) atoms. The number of piperidine rings is 1. The van der Waals surface area contributed by atoms with Crippen molar-refractivity contribution in [1.82, 2.24) is 14.9 Å². The third-order valence-electron chi connectivity index (χ3n) is 7.24. The molecule has 2 fully saturated rings. The average Bonchev–Trinajstić information content (AvgIpc) is 3.50. The van der Waals surface area contributed by atoms with Gasteiger partial charge in [-0.05, 0) is 94.0 Å². The molecule has 4 aromatic rings. The summed E-state index contributed by atoms with van der Waals surface area (Å²) in [6.45, 7) is 8.62. The van der Waals surface area contributed by atoms with Gasteiger partial charge in [-0.3, -0.25) is 9.69 Å². The van der Waals surface area contributed by atoms with Crippen LogP contribution < -0.4 is 4.90 Å². The standard InChI is InChI=1S/C28H25ClN4O3S.C4H10O/c1-16-12-22-26(25(21(16)14-24(34)35)17-5-7-19(29)8-6-17)37-27(31-22)18-9-10-30-23(13-18)33-15-20-4-2-3-11-32(20)28(33)36;1-4(2,3)5/h5-10,12-13,20H,2-4,11,14-15H2,1H3,(H,34,35);5H,1-3H3. The molecule has 0 aliphatic carbocycles. The van der Waals surface area contributed by atoms with Crippen LogP contribution in [0, 0.1) is 6.92 Å². The number of amides is 2. The predicted octanol–water partition coefficient (Wildman–Crippen LogP) is 7.19. The minimum absolute atomic E-state index is 0.0256. The number of aryl methyl sites for hydroxylation is 1. The first-order chi connectivity index (χ1) is 19.9. The van der Waals surface area contributed by atoms with E-state index in [2.05, 4.69) is 4.98 Å². The summed E-state index contributed by atoms with van der Waals surface area (Å²) in [6, 6.07) is 13.5. The van der Waals surface area contributed by atoms with E-state index >= 15 is 0 Å². The maximum atomic E-state index is 13.1. The number of nitrogens with zero attached hydrogens (tertiary/aromatic N) is 4. The Morgan fingerprint density at radius 1 is 1.12 bits per heavy atom. The van der Waals surface area contributed by atoms with Crippen LogP contribution in [0.25, 0.3) is 31.9 Å². The van der Waals surface area contributed by atoms with Crippen LogP contribution >= 0.6 is 22.9 Å². The topological polar surface area (TPSA) is 107 Å². The van der Waals surface area contributed by atoms with E-state index in [0.29, 0.717) is 17.4 Å². The molecule has 2 aliphatic rings. The van der Waals surface area contributed by atoms with Gasteiger partial charge in [0.1, 0.15) is 10.8 Å². The zero-order valence-electron chi connectivity index (χ0n) is 24.2. The zero-order chi connectivity index (χ0) is 30.2. The number of carboxylic acids is 1. The fraction of sp³-hybridized carbons (Fsp3) is 0.375. The quantitative estimate of drug-likeness (QED) is 0.249. The van der Waals surface area contributed by atoms with Gasteiger partial charge in [0.15, 0.2) is 0 Å². The van der Waals surface area contributed by atoms with E-state index in [-0.39, 0.29) is 18.5 Å². The maximum Gasteiger partial charge on any atom is 0.326 e. The zero-order valence-corrected chi connectivity index (χ0v) is 25.8. The molecule has 1 unspecified atom stereocenters. The lowest BCUT2D eigenvalue weighted by molar-refractivity contribution is -0.136. The Morgan fingerprint density at radius 2 is 1.83 bits per heavy atom. The number of rotatable bonds is 5. The molecule has 6 rings (SSSR count). The van der Waals surface area contributed by atoms with E-state index in [1.54, 1.807) is 31.9 Å². The highest BCUT2D eigenvalue weighted by atomic mass is 35.5. The Bertz CT molecular complexity index is 1620. The molecule has 10 heteroatoms. The van der Waals surface area contributed by atoms with Crippen molar-refractivity contribution >= 4 is 51.0 Å². The van der Waals surface area contributed by atoms with Gasteiger partial charge in [-0.1, -0.05) is 23.7 Å². The molecule has 2 saturated heterocycles. The monoisotopic (exact) mass is 606 g/mol. The number of pyridine rings is 1. The molecule has 0 bridgehead atoms. The molecule has 2 aromatic carbocycles. The Kier molecular flexibility index (Phi) is 8.55. The van der Waals surface area contributed by atoms with Gasteiger partial charge in [0.05, 0.1) is 28.3 Å². The largest absolute Gasteiger partial charge is 0.481 e. The summed E-state index contributed by atoms with van der Waals surface area (Å²) in [5.74, 6) is -0.246. The number of fused-ring (bicyclic) bond motifs is 2. The van der Waals surface area contributed by atoms with Crippen molar-refractivity contribution in [2.45, 2.75) is 65.0 Å². The fourth-order valence-corrected chi connectivity index (χ4v) is 6.70. The van der Waals surface area contributed by atoms with Crippen molar-refractivity contribution in [3.63, 3.8) is 0 Å². The summed E-state index contributed by atoms with van der Waals surface area (Å²) in [4.78, 5) is 38.0. The molecule has 0 saturated carbocycles. The number of carbonyl (C=O) groups excluding carboxylic acids is 1.